The molecule has 0 aromatic carbocycles. The third-order valence-corrected chi connectivity index (χ3v) is 4.23. The molecule has 1 saturated carbocycles. The van der Waals surface area contributed by atoms with Crippen LogP contribution in [-0.2, 0) is 6.54 Å². The van der Waals surface area contributed by atoms with Crippen LogP contribution >= 0.6 is 0 Å². The zero-order chi connectivity index (χ0) is 13.2. The molecule has 106 valence electrons. The molecule has 0 amide bonds. The van der Waals surface area contributed by atoms with Crippen LogP contribution in [0.25, 0.3) is 0 Å². The molecule has 2 heterocycles. The fraction of sp³-hybridized carbons (Fsp3) is 0.786. The summed E-state index contributed by atoms with van der Waals surface area (Å²) < 4.78 is 5.62. The second-order valence-electron chi connectivity index (χ2n) is 5.92. The third kappa shape index (κ3) is 3.28. The summed E-state index contributed by atoms with van der Waals surface area (Å²) in [6.45, 7) is 3.15. The lowest BCUT2D eigenvalue weighted by Crippen LogP contribution is -2.42. The van der Waals surface area contributed by atoms with Gasteiger partial charge in [-0.1, -0.05) is 0 Å². The standard InChI is InChI=1S/C14H24N4O/c1-17-7-5-13(6-8-17)18(2)14-16-12(10-19-14)9-15-11-3-4-11/h10-11,13,15H,3-9H2,1-2H3. The van der Waals surface area contributed by atoms with Crippen molar-refractivity contribution in [2.75, 3.05) is 32.1 Å². The maximum absolute atomic E-state index is 5.62. The maximum Gasteiger partial charge on any atom is 0.297 e. The van der Waals surface area contributed by atoms with Crippen molar-refractivity contribution in [3.63, 3.8) is 0 Å². The molecule has 1 saturated heterocycles. The van der Waals surface area contributed by atoms with Crippen LogP contribution in [0.5, 0.6) is 0 Å². The molecule has 5 nitrogen and oxygen atoms in total. The van der Waals surface area contributed by atoms with Crippen molar-refractivity contribution < 1.29 is 4.42 Å². The Labute approximate surface area is 115 Å². The number of rotatable bonds is 5. The Morgan fingerprint density at radius 3 is 2.79 bits per heavy atom. The molecule has 2 fully saturated rings. The van der Waals surface area contributed by atoms with Gasteiger partial charge in [-0.2, -0.15) is 4.98 Å². The SMILES string of the molecule is CN1CCC(N(C)c2nc(CNC3CC3)co2)CC1. The second kappa shape index (κ2) is 5.51. The van der Waals surface area contributed by atoms with Gasteiger partial charge in [-0.25, -0.2) is 0 Å². The van der Waals surface area contributed by atoms with Crippen LogP contribution in [0.4, 0.5) is 6.01 Å². The fourth-order valence-corrected chi connectivity index (χ4v) is 2.61. The summed E-state index contributed by atoms with van der Waals surface area (Å²) >= 11 is 0. The average Bonchev–Trinajstić information content (AvgIpc) is 3.13. The quantitative estimate of drug-likeness (QED) is 0.872. The van der Waals surface area contributed by atoms with E-state index in [0.29, 0.717) is 12.1 Å². The Hall–Kier alpha value is -1.07. The molecule has 1 aliphatic heterocycles. The van der Waals surface area contributed by atoms with Gasteiger partial charge in [-0.05, 0) is 45.8 Å². The number of nitrogens with one attached hydrogen (secondary N) is 1. The summed E-state index contributed by atoms with van der Waals surface area (Å²) in [5, 5.41) is 3.46. The number of oxazole rings is 1. The Morgan fingerprint density at radius 1 is 1.37 bits per heavy atom. The molecule has 0 unspecified atom stereocenters. The highest BCUT2D eigenvalue weighted by molar-refractivity contribution is 5.27. The molecule has 2 aliphatic rings. The number of likely N-dealkylation sites (tertiary alicyclic amines) is 1. The number of nitrogens with zero attached hydrogens (tertiary/aromatic N) is 3. The topological polar surface area (TPSA) is 44.5 Å². The van der Waals surface area contributed by atoms with E-state index in [9.17, 15) is 0 Å². The molecule has 3 rings (SSSR count). The van der Waals surface area contributed by atoms with Gasteiger partial charge in [-0.15, -0.1) is 0 Å². The highest BCUT2D eigenvalue weighted by Crippen LogP contribution is 2.22. The van der Waals surface area contributed by atoms with E-state index >= 15 is 0 Å². The van der Waals surface area contributed by atoms with Gasteiger partial charge in [0, 0.05) is 25.7 Å². The lowest BCUT2D eigenvalue weighted by molar-refractivity contribution is 0.249. The molecule has 0 bridgehead atoms. The smallest absolute Gasteiger partial charge is 0.297 e. The van der Waals surface area contributed by atoms with Crippen molar-refractivity contribution in [1.29, 1.82) is 0 Å². The second-order valence-corrected chi connectivity index (χ2v) is 5.92. The van der Waals surface area contributed by atoms with Gasteiger partial charge in [0.05, 0.1) is 5.69 Å². The molecular formula is C14H24N4O. The molecule has 0 radical (unpaired) electrons. The van der Waals surface area contributed by atoms with E-state index in [4.69, 9.17) is 4.42 Å². The Balaban J connectivity index is 1.54. The summed E-state index contributed by atoms with van der Waals surface area (Å²) in [6.07, 6.45) is 6.77. The Morgan fingerprint density at radius 2 is 2.11 bits per heavy atom. The largest absolute Gasteiger partial charge is 0.432 e. The van der Waals surface area contributed by atoms with Gasteiger partial charge in [0.1, 0.15) is 6.26 Å². The summed E-state index contributed by atoms with van der Waals surface area (Å²) in [6, 6.07) is 2.04. The zero-order valence-electron chi connectivity index (χ0n) is 11.9. The van der Waals surface area contributed by atoms with E-state index in [1.54, 1.807) is 6.26 Å². The third-order valence-electron chi connectivity index (χ3n) is 4.23. The molecule has 1 aromatic rings. The monoisotopic (exact) mass is 264 g/mol. The van der Waals surface area contributed by atoms with Crippen LogP contribution in [0.1, 0.15) is 31.4 Å². The van der Waals surface area contributed by atoms with E-state index in [-0.39, 0.29) is 0 Å². The van der Waals surface area contributed by atoms with E-state index in [1.807, 2.05) is 0 Å². The summed E-state index contributed by atoms with van der Waals surface area (Å²) in [5.41, 5.74) is 1.02. The lowest BCUT2D eigenvalue weighted by Gasteiger charge is -2.34. The minimum atomic E-state index is 0.555. The first-order valence-corrected chi connectivity index (χ1v) is 7.31. The van der Waals surface area contributed by atoms with Crippen LogP contribution in [0, 0.1) is 0 Å². The number of aromatic nitrogens is 1. The van der Waals surface area contributed by atoms with Gasteiger partial charge in [-0.3, -0.25) is 0 Å². The van der Waals surface area contributed by atoms with Gasteiger partial charge < -0.3 is 19.5 Å². The molecule has 19 heavy (non-hydrogen) atoms. The molecule has 1 N–H and O–H groups in total. The van der Waals surface area contributed by atoms with Crippen molar-refractivity contribution in [2.24, 2.45) is 0 Å². The molecule has 0 spiro atoms. The summed E-state index contributed by atoms with van der Waals surface area (Å²) in [7, 11) is 4.28. The zero-order valence-corrected chi connectivity index (χ0v) is 11.9. The van der Waals surface area contributed by atoms with E-state index in [0.717, 1.165) is 31.3 Å². The van der Waals surface area contributed by atoms with Crippen molar-refractivity contribution in [2.45, 2.75) is 44.3 Å². The average molecular weight is 264 g/mol. The summed E-state index contributed by atoms with van der Waals surface area (Å²) in [4.78, 5) is 9.17. The Bertz CT molecular complexity index is 407. The molecule has 1 aliphatic carbocycles. The highest BCUT2D eigenvalue weighted by Gasteiger charge is 2.24. The Kier molecular flexibility index (Phi) is 3.75. The van der Waals surface area contributed by atoms with Gasteiger partial charge >= 0.3 is 0 Å². The number of anilines is 1. The van der Waals surface area contributed by atoms with Crippen molar-refractivity contribution >= 4 is 6.01 Å². The summed E-state index contributed by atoms with van der Waals surface area (Å²) in [5.74, 6) is 0. The van der Waals surface area contributed by atoms with Crippen molar-refractivity contribution in [3.8, 4) is 0 Å². The van der Waals surface area contributed by atoms with E-state index in [2.05, 4.69) is 34.2 Å². The first-order valence-electron chi connectivity index (χ1n) is 7.31. The first kappa shape index (κ1) is 12.9. The fourth-order valence-electron chi connectivity index (χ4n) is 2.61. The number of hydrogen-bond donors (Lipinski definition) is 1. The van der Waals surface area contributed by atoms with Gasteiger partial charge in [0.15, 0.2) is 0 Å². The van der Waals surface area contributed by atoms with E-state index < -0.39 is 0 Å². The van der Waals surface area contributed by atoms with Crippen molar-refractivity contribution in [3.05, 3.63) is 12.0 Å². The maximum atomic E-state index is 5.62. The predicted octanol–water partition coefficient (Wildman–Crippen LogP) is 1.46. The first-order chi connectivity index (χ1) is 9.22. The van der Waals surface area contributed by atoms with Gasteiger partial charge in [0.2, 0.25) is 0 Å². The molecular weight excluding hydrogens is 240 g/mol. The van der Waals surface area contributed by atoms with Crippen LogP contribution in [-0.4, -0.2) is 49.2 Å². The van der Waals surface area contributed by atoms with Crippen LogP contribution in [0.2, 0.25) is 0 Å². The predicted molar refractivity (Wildman–Crippen MR) is 75.3 cm³/mol. The van der Waals surface area contributed by atoms with Gasteiger partial charge in [0.25, 0.3) is 6.01 Å². The van der Waals surface area contributed by atoms with Crippen LogP contribution < -0.4 is 10.2 Å². The molecule has 0 atom stereocenters. The minimum absolute atomic E-state index is 0.555. The van der Waals surface area contributed by atoms with Crippen LogP contribution in [0.3, 0.4) is 0 Å². The normalized spacial score (nSPS) is 21.8. The molecule has 5 heteroatoms. The van der Waals surface area contributed by atoms with Crippen molar-refractivity contribution in [1.82, 2.24) is 15.2 Å². The highest BCUT2D eigenvalue weighted by atomic mass is 16.4. The lowest BCUT2D eigenvalue weighted by atomic mass is 10.0. The minimum Gasteiger partial charge on any atom is -0.432 e. The van der Waals surface area contributed by atoms with Crippen LogP contribution in [0.15, 0.2) is 10.7 Å². The number of piperidine rings is 1. The molecule has 1 aromatic heterocycles. The number of hydrogen-bond acceptors (Lipinski definition) is 5. The van der Waals surface area contributed by atoms with E-state index in [1.165, 1.54) is 25.7 Å².